The van der Waals surface area contributed by atoms with Crippen molar-refractivity contribution in [2.24, 2.45) is 0 Å². The average molecular weight is 381 g/mol. The minimum Gasteiger partial charge on any atom is -0.334 e. The van der Waals surface area contributed by atoms with Gasteiger partial charge in [-0.15, -0.1) is 11.3 Å². The molecule has 4 rings (SSSR count). The number of rotatable bonds is 4. The number of hydrogen-bond acceptors (Lipinski definition) is 3. The maximum absolute atomic E-state index is 13.1. The van der Waals surface area contributed by atoms with E-state index in [9.17, 15) is 4.79 Å². The first-order valence-corrected chi connectivity index (χ1v) is 9.68. The third-order valence-electron chi connectivity index (χ3n) is 4.42. The number of nitrogens with zero attached hydrogens (tertiary/aromatic N) is 2. The van der Waals surface area contributed by atoms with Crippen molar-refractivity contribution in [3.8, 4) is 0 Å². The molecular weight excluding hydrogens is 364 g/mol. The van der Waals surface area contributed by atoms with E-state index in [0.29, 0.717) is 23.1 Å². The maximum Gasteiger partial charge on any atom is 0.264 e. The van der Waals surface area contributed by atoms with Gasteiger partial charge in [0.15, 0.2) is 0 Å². The van der Waals surface area contributed by atoms with Gasteiger partial charge in [-0.1, -0.05) is 60.1 Å². The van der Waals surface area contributed by atoms with Crippen LogP contribution in [0.1, 0.15) is 22.2 Å². The summed E-state index contributed by atoms with van der Waals surface area (Å²) in [6.07, 6.45) is 0. The van der Waals surface area contributed by atoms with Gasteiger partial charge in [-0.25, -0.2) is 4.98 Å². The molecule has 0 fully saturated rings. The number of hydrogen-bond donors (Lipinski definition) is 0. The van der Waals surface area contributed by atoms with Crippen molar-refractivity contribution in [3.05, 3.63) is 76.3 Å². The molecule has 4 aromatic rings. The standard InChI is InChI=1S/C21H17ClN2OS/c1-2-24(13-14-8-4-3-5-9-14)21(25)18-12-16-19(26-18)15-10-6-7-11-17(15)23-20(16)22/h3-12H,2,13H2,1H3. The van der Waals surface area contributed by atoms with Gasteiger partial charge in [-0.05, 0) is 24.6 Å². The van der Waals surface area contributed by atoms with Gasteiger partial charge in [-0.3, -0.25) is 4.79 Å². The third-order valence-corrected chi connectivity index (χ3v) is 5.86. The van der Waals surface area contributed by atoms with Crippen molar-refractivity contribution in [1.82, 2.24) is 9.88 Å². The van der Waals surface area contributed by atoms with Crippen LogP contribution in [-0.2, 0) is 6.54 Å². The van der Waals surface area contributed by atoms with E-state index in [1.165, 1.54) is 11.3 Å². The monoisotopic (exact) mass is 380 g/mol. The van der Waals surface area contributed by atoms with Crippen LogP contribution in [0.2, 0.25) is 5.15 Å². The normalized spacial score (nSPS) is 11.2. The Morgan fingerprint density at radius 2 is 1.81 bits per heavy atom. The lowest BCUT2D eigenvalue weighted by Crippen LogP contribution is -2.29. The molecule has 1 amide bonds. The van der Waals surface area contributed by atoms with Crippen molar-refractivity contribution in [2.75, 3.05) is 6.54 Å². The molecular formula is C21H17ClN2OS. The highest BCUT2D eigenvalue weighted by molar-refractivity contribution is 7.21. The van der Waals surface area contributed by atoms with Crippen molar-refractivity contribution in [2.45, 2.75) is 13.5 Å². The molecule has 26 heavy (non-hydrogen) atoms. The van der Waals surface area contributed by atoms with Crippen LogP contribution in [0.15, 0.2) is 60.7 Å². The number of aromatic nitrogens is 1. The molecule has 0 saturated heterocycles. The van der Waals surface area contributed by atoms with Crippen LogP contribution < -0.4 is 0 Å². The Morgan fingerprint density at radius 3 is 2.58 bits per heavy atom. The Balaban J connectivity index is 1.74. The van der Waals surface area contributed by atoms with Crippen LogP contribution in [-0.4, -0.2) is 22.3 Å². The van der Waals surface area contributed by atoms with Crippen molar-refractivity contribution >= 4 is 49.8 Å². The first-order chi connectivity index (χ1) is 12.7. The lowest BCUT2D eigenvalue weighted by atomic mass is 10.2. The van der Waals surface area contributed by atoms with Gasteiger partial charge >= 0.3 is 0 Å². The summed E-state index contributed by atoms with van der Waals surface area (Å²) in [5.74, 6) is 0.0256. The van der Waals surface area contributed by atoms with Gasteiger partial charge in [0.05, 0.1) is 10.4 Å². The molecule has 0 aliphatic rings. The van der Waals surface area contributed by atoms with E-state index in [4.69, 9.17) is 11.6 Å². The topological polar surface area (TPSA) is 33.2 Å². The molecule has 0 unspecified atom stereocenters. The number of benzene rings is 2. The highest BCUT2D eigenvalue weighted by Gasteiger charge is 2.19. The largest absolute Gasteiger partial charge is 0.334 e. The second kappa shape index (κ2) is 7.06. The molecule has 5 heteroatoms. The van der Waals surface area contributed by atoms with E-state index >= 15 is 0 Å². The van der Waals surface area contributed by atoms with Crippen LogP contribution in [0.5, 0.6) is 0 Å². The average Bonchev–Trinajstić information content (AvgIpc) is 3.13. The van der Waals surface area contributed by atoms with Gasteiger partial charge < -0.3 is 4.90 Å². The summed E-state index contributed by atoms with van der Waals surface area (Å²) in [6, 6.07) is 19.8. The summed E-state index contributed by atoms with van der Waals surface area (Å²) in [6.45, 7) is 3.24. The van der Waals surface area contributed by atoms with Crippen LogP contribution in [0.3, 0.4) is 0 Å². The number of thiophene rings is 1. The number of halogens is 1. The summed E-state index contributed by atoms with van der Waals surface area (Å²) in [5.41, 5.74) is 1.97. The zero-order chi connectivity index (χ0) is 18.1. The summed E-state index contributed by atoms with van der Waals surface area (Å²) in [5, 5.41) is 2.32. The van der Waals surface area contributed by atoms with Gasteiger partial charge in [0.2, 0.25) is 0 Å². The van der Waals surface area contributed by atoms with Crippen molar-refractivity contribution < 1.29 is 4.79 Å². The molecule has 2 heterocycles. The molecule has 0 radical (unpaired) electrons. The zero-order valence-corrected chi connectivity index (χ0v) is 15.8. The Morgan fingerprint density at radius 1 is 1.08 bits per heavy atom. The second-order valence-corrected chi connectivity index (χ2v) is 7.49. The fourth-order valence-corrected chi connectivity index (χ4v) is 4.52. The van der Waals surface area contributed by atoms with Gasteiger partial charge in [0.25, 0.3) is 5.91 Å². The first-order valence-electron chi connectivity index (χ1n) is 8.48. The lowest BCUT2D eigenvalue weighted by Gasteiger charge is -2.20. The SMILES string of the molecule is CCN(Cc1ccccc1)C(=O)c1cc2c(Cl)nc3ccccc3c2s1. The molecule has 0 aliphatic carbocycles. The number of para-hydroxylation sites is 1. The maximum atomic E-state index is 13.1. The first kappa shape index (κ1) is 17.0. The van der Waals surface area contributed by atoms with E-state index in [1.54, 1.807) is 0 Å². The smallest absolute Gasteiger partial charge is 0.264 e. The molecule has 0 spiro atoms. The number of carbonyl (C=O) groups is 1. The van der Waals surface area contributed by atoms with Crippen LogP contribution in [0, 0.1) is 0 Å². The zero-order valence-electron chi connectivity index (χ0n) is 14.3. The molecule has 0 saturated carbocycles. The third kappa shape index (κ3) is 3.06. The van der Waals surface area contributed by atoms with E-state index in [2.05, 4.69) is 4.98 Å². The van der Waals surface area contributed by atoms with Gasteiger partial charge in [0.1, 0.15) is 5.15 Å². The molecule has 0 bridgehead atoms. The van der Waals surface area contributed by atoms with E-state index in [1.807, 2.05) is 72.5 Å². The molecule has 2 aromatic carbocycles. The van der Waals surface area contributed by atoms with E-state index in [-0.39, 0.29) is 5.91 Å². The highest BCUT2D eigenvalue weighted by atomic mass is 35.5. The molecule has 0 aliphatic heterocycles. The van der Waals surface area contributed by atoms with Gasteiger partial charge in [0, 0.05) is 28.6 Å². The molecule has 0 atom stereocenters. The Labute approximate surface area is 160 Å². The molecule has 2 aromatic heterocycles. The minimum absolute atomic E-state index is 0.0256. The lowest BCUT2D eigenvalue weighted by molar-refractivity contribution is 0.0757. The van der Waals surface area contributed by atoms with Crippen molar-refractivity contribution in [1.29, 1.82) is 0 Å². The van der Waals surface area contributed by atoms with Crippen molar-refractivity contribution in [3.63, 3.8) is 0 Å². The minimum atomic E-state index is 0.0256. The second-order valence-electron chi connectivity index (χ2n) is 6.08. The number of amides is 1. The molecule has 0 N–H and O–H groups in total. The fourth-order valence-electron chi connectivity index (χ4n) is 3.07. The Kier molecular flexibility index (Phi) is 4.62. The van der Waals surface area contributed by atoms with Crippen LogP contribution in [0.25, 0.3) is 21.0 Å². The predicted molar refractivity (Wildman–Crippen MR) is 109 cm³/mol. The predicted octanol–water partition coefficient (Wildman–Crippen LogP) is 5.77. The Bertz CT molecular complexity index is 1090. The fraction of sp³-hybridized carbons (Fsp3) is 0.143. The quantitative estimate of drug-likeness (QED) is 0.421. The number of fused-ring (bicyclic) bond motifs is 3. The number of carbonyl (C=O) groups excluding carboxylic acids is 1. The summed E-state index contributed by atoms with van der Waals surface area (Å²) < 4.78 is 1.01. The van der Waals surface area contributed by atoms with Crippen LogP contribution in [0.4, 0.5) is 0 Å². The summed E-state index contributed by atoms with van der Waals surface area (Å²) in [7, 11) is 0. The Hall–Kier alpha value is -2.43. The molecule has 3 nitrogen and oxygen atoms in total. The number of pyridine rings is 1. The molecule has 130 valence electrons. The summed E-state index contributed by atoms with van der Waals surface area (Å²) >= 11 is 7.86. The summed E-state index contributed by atoms with van der Waals surface area (Å²) in [4.78, 5) is 20.1. The van der Waals surface area contributed by atoms with E-state index < -0.39 is 0 Å². The van der Waals surface area contributed by atoms with Gasteiger partial charge in [-0.2, -0.15) is 0 Å². The highest BCUT2D eigenvalue weighted by Crippen LogP contribution is 2.36. The van der Waals surface area contributed by atoms with Crippen LogP contribution >= 0.6 is 22.9 Å². The van der Waals surface area contributed by atoms with E-state index in [0.717, 1.165) is 26.6 Å².